The van der Waals surface area contributed by atoms with Crippen molar-refractivity contribution in [3.8, 4) is 0 Å². The second kappa shape index (κ2) is 8.05. The summed E-state index contributed by atoms with van der Waals surface area (Å²) in [6.07, 6.45) is 6.27. The third kappa shape index (κ3) is 4.47. The van der Waals surface area contributed by atoms with Crippen molar-refractivity contribution in [3.63, 3.8) is 0 Å². The van der Waals surface area contributed by atoms with E-state index in [9.17, 15) is 13.2 Å². The lowest BCUT2D eigenvalue weighted by Crippen LogP contribution is -2.40. The van der Waals surface area contributed by atoms with Crippen LogP contribution in [0.25, 0.3) is 0 Å². The van der Waals surface area contributed by atoms with E-state index in [1.807, 2.05) is 6.92 Å². The second-order valence-corrected chi connectivity index (χ2v) is 10.2. The molecule has 6 nitrogen and oxygen atoms in total. The van der Waals surface area contributed by atoms with E-state index in [0.717, 1.165) is 12.3 Å². The van der Waals surface area contributed by atoms with Gasteiger partial charge in [-0.1, -0.05) is 18.0 Å². The van der Waals surface area contributed by atoms with Gasteiger partial charge in [-0.25, -0.2) is 18.1 Å². The number of nitrogens with one attached hydrogen (secondary N) is 2. The van der Waals surface area contributed by atoms with Gasteiger partial charge in [0.15, 0.2) is 0 Å². The number of carbonyl (C=O) groups is 1. The molecule has 0 radical (unpaired) electrons. The first kappa shape index (κ1) is 20.3. The first-order valence-electron chi connectivity index (χ1n) is 9.87. The van der Waals surface area contributed by atoms with Crippen LogP contribution in [0.15, 0.2) is 47.5 Å². The van der Waals surface area contributed by atoms with Crippen molar-refractivity contribution in [2.24, 2.45) is 17.8 Å². The van der Waals surface area contributed by atoms with Crippen molar-refractivity contribution in [2.75, 3.05) is 5.32 Å². The van der Waals surface area contributed by atoms with Crippen LogP contribution in [0.3, 0.4) is 0 Å². The van der Waals surface area contributed by atoms with Crippen molar-refractivity contribution >= 4 is 33.2 Å². The molecule has 1 aromatic carbocycles. The number of hydrogen-bond donors (Lipinski definition) is 2. The molecular formula is C21H24ClN3O3S. The largest absolute Gasteiger partial charge is 0.322 e. The Bertz CT molecular complexity index is 993. The maximum atomic E-state index is 12.8. The Morgan fingerprint density at radius 1 is 1.14 bits per heavy atom. The quantitative estimate of drug-likeness (QED) is 0.671. The second-order valence-electron chi connectivity index (χ2n) is 8.10. The van der Waals surface area contributed by atoms with E-state index in [1.54, 1.807) is 18.2 Å². The molecular weight excluding hydrogens is 410 g/mol. The molecule has 1 heterocycles. The first-order chi connectivity index (χ1) is 13.8. The third-order valence-corrected chi connectivity index (χ3v) is 7.99. The van der Waals surface area contributed by atoms with E-state index in [-0.39, 0.29) is 16.8 Å². The number of sulfonamides is 1. The van der Waals surface area contributed by atoms with Crippen molar-refractivity contribution in [3.05, 3.63) is 53.3 Å². The van der Waals surface area contributed by atoms with Gasteiger partial charge in [-0.15, -0.1) is 0 Å². The zero-order valence-corrected chi connectivity index (χ0v) is 17.7. The van der Waals surface area contributed by atoms with E-state index in [1.165, 1.54) is 43.7 Å². The molecule has 0 aliphatic heterocycles. The van der Waals surface area contributed by atoms with Crippen molar-refractivity contribution in [1.82, 2.24) is 9.71 Å². The number of benzene rings is 1. The van der Waals surface area contributed by atoms with Gasteiger partial charge in [0.25, 0.3) is 5.91 Å². The summed E-state index contributed by atoms with van der Waals surface area (Å²) >= 11 is 5.73. The molecule has 2 aliphatic rings. The van der Waals surface area contributed by atoms with Crippen LogP contribution in [0.5, 0.6) is 0 Å². The first-order valence-corrected chi connectivity index (χ1v) is 11.7. The topological polar surface area (TPSA) is 88.2 Å². The Hall–Kier alpha value is -1.96. The summed E-state index contributed by atoms with van der Waals surface area (Å²) in [5.74, 6) is 1.51. The lowest BCUT2D eigenvalue weighted by Gasteiger charge is -2.28. The number of hydrogen-bond acceptors (Lipinski definition) is 4. The lowest BCUT2D eigenvalue weighted by atomic mass is 9.84. The van der Waals surface area contributed by atoms with Gasteiger partial charge in [0.05, 0.1) is 10.5 Å². The summed E-state index contributed by atoms with van der Waals surface area (Å²) in [6, 6.07) is 9.21. The molecule has 8 heteroatoms. The molecule has 2 saturated carbocycles. The Balaban J connectivity index is 1.40. The van der Waals surface area contributed by atoms with Gasteiger partial charge in [0.1, 0.15) is 5.15 Å². The van der Waals surface area contributed by atoms with Crippen molar-refractivity contribution < 1.29 is 13.2 Å². The van der Waals surface area contributed by atoms with Gasteiger partial charge in [-0.2, -0.15) is 0 Å². The molecule has 0 spiro atoms. The Labute approximate surface area is 176 Å². The van der Waals surface area contributed by atoms with E-state index in [2.05, 4.69) is 15.0 Å². The minimum Gasteiger partial charge on any atom is -0.322 e. The smallest absolute Gasteiger partial charge is 0.257 e. The van der Waals surface area contributed by atoms with Crippen LogP contribution in [0.4, 0.5) is 5.69 Å². The van der Waals surface area contributed by atoms with Crippen LogP contribution in [0, 0.1) is 17.8 Å². The van der Waals surface area contributed by atoms with Gasteiger partial charge < -0.3 is 5.32 Å². The number of pyridine rings is 1. The minimum atomic E-state index is -3.60. The molecule has 2 bridgehead atoms. The summed E-state index contributed by atoms with van der Waals surface area (Å²) in [7, 11) is -3.60. The Kier molecular flexibility index (Phi) is 5.64. The van der Waals surface area contributed by atoms with E-state index < -0.39 is 10.0 Å². The zero-order chi connectivity index (χ0) is 20.6. The predicted molar refractivity (Wildman–Crippen MR) is 112 cm³/mol. The fourth-order valence-electron chi connectivity index (χ4n) is 4.74. The van der Waals surface area contributed by atoms with Crippen LogP contribution >= 0.6 is 11.6 Å². The zero-order valence-electron chi connectivity index (χ0n) is 16.1. The van der Waals surface area contributed by atoms with Gasteiger partial charge in [-0.3, -0.25) is 4.79 Å². The molecule has 0 saturated heterocycles. The van der Waals surface area contributed by atoms with E-state index >= 15 is 0 Å². The van der Waals surface area contributed by atoms with E-state index in [0.29, 0.717) is 28.2 Å². The SMILES string of the molecule is CC(NS(=O)(=O)c1ccc(NC(=O)c2ccc(Cl)nc2)cc1)C1CC2CCC1C2. The van der Waals surface area contributed by atoms with Crippen LogP contribution in [0.2, 0.25) is 5.15 Å². The highest BCUT2D eigenvalue weighted by atomic mass is 35.5. The normalized spacial score (nSPS) is 24.4. The monoisotopic (exact) mass is 433 g/mol. The Morgan fingerprint density at radius 3 is 2.48 bits per heavy atom. The van der Waals surface area contributed by atoms with Crippen molar-refractivity contribution in [1.29, 1.82) is 0 Å². The molecule has 2 fully saturated rings. The van der Waals surface area contributed by atoms with Gasteiger partial charge in [-0.05, 0) is 80.3 Å². The highest BCUT2D eigenvalue weighted by Crippen LogP contribution is 2.49. The number of aromatic nitrogens is 1. The standard InChI is InChI=1S/C21H24ClN3O3S/c1-13(19-11-14-2-3-15(19)10-14)25-29(27,28)18-7-5-17(6-8-18)24-21(26)16-4-9-20(22)23-12-16/h4-9,12-15,19,25H,2-3,10-11H2,1H3,(H,24,26). The fraction of sp³-hybridized carbons (Fsp3) is 0.429. The minimum absolute atomic E-state index is 0.0768. The average Bonchev–Trinajstić information content (AvgIpc) is 3.32. The summed E-state index contributed by atoms with van der Waals surface area (Å²) in [4.78, 5) is 16.3. The molecule has 4 unspecified atom stereocenters. The molecule has 154 valence electrons. The van der Waals surface area contributed by atoms with Gasteiger partial charge >= 0.3 is 0 Å². The number of nitrogens with zero attached hydrogens (tertiary/aromatic N) is 1. The molecule has 4 rings (SSSR count). The number of anilines is 1. The number of fused-ring (bicyclic) bond motifs is 2. The Morgan fingerprint density at radius 2 is 1.90 bits per heavy atom. The molecule has 29 heavy (non-hydrogen) atoms. The highest BCUT2D eigenvalue weighted by Gasteiger charge is 2.42. The van der Waals surface area contributed by atoms with Crippen LogP contribution in [0.1, 0.15) is 43.0 Å². The third-order valence-electron chi connectivity index (χ3n) is 6.19. The number of rotatable bonds is 6. The summed E-state index contributed by atoms with van der Waals surface area (Å²) in [6.45, 7) is 1.97. The maximum absolute atomic E-state index is 12.8. The fourth-order valence-corrected chi connectivity index (χ4v) is 6.14. The van der Waals surface area contributed by atoms with E-state index in [4.69, 9.17) is 11.6 Å². The van der Waals surface area contributed by atoms with Crippen molar-refractivity contribution in [2.45, 2.75) is 43.5 Å². The van der Waals surface area contributed by atoms with Crippen LogP contribution in [-0.4, -0.2) is 25.4 Å². The van der Waals surface area contributed by atoms with Crippen LogP contribution in [-0.2, 0) is 10.0 Å². The number of amides is 1. The molecule has 2 N–H and O–H groups in total. The highest BCUT2D eigenvalue weighted by molar-refractivity contribution is 7.89. The molecule has 2 aliphatic carbocycles. The van der Waals surface area contributed by atoms with Gasteiger partial charge in [0.2, 0.25) is 10.0 Å². The molecule has 1 aromatic heterocycles. The predicted octanol–water partition coefficient (Wildman–Crippen LogP) is 4.09. The lowest BCUT2D eigenvalue weighted by molar-refractivity contribution is 0.102. The average molecular weight is 434 g/mol. The number of carbonyl (C=O) groups excluding carboxylic acids is 1. The van der Waals surface area contributed by atoms with Crippen LogP contribution < -0.4 is 10.0 Å². The molecule has 2 aromatic rings. The summed E-state index contributed by atoms with van der Waals surface area (Å²) in [5, 5.41) is 3.03. The van der Waals surface area contributed by atoms with Gasteiger partial charge in [0, 0.05) is 17.9 Å². The summed E-state index contributed by atoms with van der Waals surface area (Å²) in [5.41, 5.74) is 0.873. The molecule has 1 amide bonds. The number of halogens is 1. The molecule has 4 atom stereocenters. The summed E-state index contributed by atoms with van der Waals surface area (Å²) < 4.78 is 28.4. The maximum Gasteiger partial charge on any atom is 0.257 e.